The number of aliphatic hydroxyl groups excluding tert-OH is 1. The first-order valence-electron chi connectivity index (χ1n) is 4.81. The number of aliphatic hydroxyl groups is 1. The van der Waals surface area contributed by atoms with Crippen molar-refractivity contribution >= 4 is 0 Å². The molecule has 1 aromatic carbocycles. The lowest BCUT2D eigenvalue weighted by Crippen LogP contribution is -2.32. The van der Waals surface area contributed by atoms with Crippen molar-refractivity contribution in [2.45, 2.75) is 25.0 Å². The summed E-state index contributed by atoms with van der Waals surface area (Å²) in [6.07, 6.45) is 1.65. The van der Waals surface area contributed by atoms with Gasteiger partial charge in [0.05, 0.1) is 6.10 Å². The average molecular weight is 177 g/mol. The smallest absolute Gasteiger partial charge is 0.0708 e. The topological polar surface area (TPSA) is 32.3 Å². The van der Waals surface area contributed by atoms with E-state index >= 15 is 0 Å². The van der Waals surface area contributed by atoms with Gasteiger partial charge in [-0.15, -0.1) is 0 Å². The fourth-order valence-electron chi connectivity index (χ4n) is 1.83. The van der Waals surface area contributed by atoms with Crippen LogP contribution in [0.4, 0.5) is 0 Å². The van der Waals surface area contributed by atoms with E-state index in [2.05, 4.69) is 17.4 Å². The number of hydrogen-bond donors (Lipinski definition) is 2. The summed E-state index contributed by atoms with van der Waals surface area (Å²) in [5.74, 6) is 0. The van der Waals surface area contributed by atoms with Gasteiger partial charge in [0.25, 0.3) is 0 Å². The van der Waals surface area contributed by atoms with Gasteiger partial charge in [-0.05, 0) is 24.9 Å². The Morgan fingerprint density at radius 2 is 2.08 bits per heavy atom. The van der Waals surface area contributed by atoms with E-state index in [-0.39, 0.29) is 12.1 Å². The minimum absolute atomic E-state index is 0.166. The maximum Gasteiger partial charge on any atom is 0.0708 e. The van der Waals surface area contributed by atoms with Crippen LogP contribution in [0.2, 0.25) is 0 Å². The molecule has 1 fully saturated rings. The van der Waals surface area contributed by atoms with Crippen molar-refractivity contribution in [3.63, 3.8) is 0 Å². The molecule has 1 heterocycles. The second-order valence-corrected chi connectivity index (χ2v) is 3.61. The molecule has 2 N–H and O–H groups in total. The second kappa shape index (κ2) is 3.90. The first-order valence-corrected chi connectivity index (χ1v) is 4.81. The van der Waals surface area contributed by atoms with E-state index in [9.17, 15) is 5.11 Å². The summed E-state index contributed by atoms with van der Waals surface area (Å²) < 4.78 is 0. The third-order valence-corrected chi connectivity index (χ3v) is 2.61. The Morgan fingerprint density at radius 3 is 2.69 bits per heavy atom. The second-order valence-electron chi connectivity index (χ2n) is 3.61. The van der Waals surface area contributed by atoms with Gasteiger partial charge in [0.15, 0.2) is 0 Å². The molecule has 1 aliphatic heterocycles. The molecular formula is C11H15NO. The van der Waals surface area contributed by atoms with Crippen LogP contribution in [-0.4, -0.2) is 23.8 Å². The highest BCUT2D eigenvalue weighted by Crippen LogP contribution is 2.12. The highest BCUT2D eigenvalue weighted by Gasteiger charge is 2.24. The zero-order valence-corrected chi connectivity index (χ0v) is 7.61. The number of rotatable bonds is 2. The third kappa shape index (κ3) is 2.08. The summed E-state index contributed by atoms with van der Waals surface area (Å²) in [5, 5.41) is 12.9. The molecule has 0 saturated carbocycles. The zero-order valence-electron chi connectivity index (χ0n) is 7.61. The lowest BCUT2D eigenvalue weighted by molar-refractivity contribution is 0.159. The summed E-state index contributed by atoms with van der Waals surface area (Å²) >= 11 is 0. The molecule has 2 rings (SSSR count). The first kappa shape index (κ1) is 8.73. The fourth-order valence-corrected chi connectivity index (χ4v) is 1.83. The maximum absolute atomic E-state index is 9.59. The van der Waals surface area contributed by atoms with Crippen molar-refractivity contribution in [3.05, 3.63) is 35.9 Å². The van der Waals surface area contributed by atoms with Gasteiger partial charge in [-0.1, -0.05) is 30.3 Å². The third-order valence-electron chi connectivity index (χ3n) is 2.61. The standard InChI is InChI=1S/C11H15NO/c13-11-6-7-12-10(11)8-9-4-2-1-3-5-9/h1-5,10-13H,6-8H2. The molecule has 0 amide bonds. The van der Waals surface area contributed by atoms with E-state index in [1.807, 2.05) is 18.2 Å². The molecule has 0 aromatic heterocycles. The van der Waals surface area contributed by atoms with E-state index in [1.165, 1.54) is 5.56 Å². The van der Waals surface area contributed by atoms with Crippen LogP contribution in [0.25, 0.3) is 0 Å². The predicted octanol–water partition coefficient (Wildman–Crippen LogP) is 0.952. The highest BCUT2D eigenvalue weighted by atomic mass is 16.3. The van der Waals surface area contributed by atoms with Gasteiger partial charge in [-0.2, -0.15) is 0 Å². The molecule has 0 bridgehead atoms. The minimum Gasteiger partial charge on any atom is -0.391 e. The van der Waals surface area contributed by atoms with Crippen LogP contribution >= 0.6 is 0 Å². The summed E-state index contributed by atoms with van der Waals surface area (Å²) in [7, 11) is 0. The molecular weight excluding hydrogens is 162 g/mol. The molecule has 2 nitrogen and oxygen atoms in total. The summed E-state index contributed by atoms with van der Waals surface area (Å²) in [6.45, 7) is 0.943. The molecule has 2 heteroatoms. The van der Waals surface area contributed by atoms with Gasteiger partial charge in [0.1, 0.15) is 0 Å². The Balaban J connectivity index is 1.98. The molecule has 1 aliphatic rings. The van der Waals surface area contributed by atoms with Crippen molar-refractivity contribution in [2.24, 2.45) is 0 Å². The predicted molar refractivity (Wildman–Crippen MR) is 52.6 cm³/mol. The van der Waals surface area contributed by atoms with Gasteiger partial charge < -0.3 is 10.4 Å². The maximum atomic E-state index is 9.59. The average Bonchev–Trinajstić information content (AvgIpc) is 2.54. The number of nitrogens with one attached hydrogen (secondary N) is 1. The quantitative estimate of drug-likeness (QED) is 0.705. The van der Waals surface area contributed by atoms with Crippen LogP contribution in [0.3, 0.4) is 0 Å². The number of hydrogen-bond acceptors (Lipinski definition) is 2. The van der Waals surface area contributed by atoms with E-state index < -0.39 is 0 Å². The van der Waals surface area contributed by atoms with Gasteiger partial charge in [0, 0.05) is 6.04 Å². The molecule has 13 heavy (non-hydrogen) atoms. The summed E-state index contributed by atoms with van der Waals surface area (Å²) in [6, 6.07) is 10.6. The van der Waals surface area contributed by atoms with Crippen molar-refractivity contribution in [3.8, 4) is 0 Å². The van der Waals surface area contributed by atoms with Gasteiger partial charge in [-0.25, -0.2) is 0 Å². The van der Waals surface area contributed by atoms with Gasteiger partial charge in [0.2, 0.25) is 0 Å². The zero-order chi connectivity index (χ0) is 9.10. The summed E-state index contributed by atoms with van der Waals surface area (Å²) in [4.78, 5) is 0. The monoisotopic (exact) mass is 177 g/mol. The molecule has 0 radical (unpaired) electrons. The van der Waals surface area contributed by atoms with E-state index in [1.54, 1.807) is 0 Å². The van der Waals surface area contributed by atoms with E-state index in [0.29, 0.717) is 0 Å². The molecule has 2 atom stereocenters. The molecule has 0 spiro atoms. The number of benzene rings is 1. The SMILES string of the molecule is OC1CCNC1Cc1ccccc1. The van der Waals surface area contributed by atoms with Crippen molar-refractivity contribution in [1.29, 1.82) is 0 Å². The molecule has 1 saturated heterocycles. The normalized spacial score (nSPS) is 27.8. The van der Waals surface area contributed by atoms with Crippen LogP contribution in [0.15, 0.2) is 30.3 Å². The Hall–Kier alpha value is -0.860. The fraction of sp³-hybridized carbons (Fsp3) is 0.455. The Kier molecular flexibility index (Phi) is 2.62. The lowest BCUT2D eigenvalue weighted by atomic mass is 10.0. The Labute approximate surface area is 78.6 Å². The first-order chi connectivity index (χ1) is 6.36. The highest BCUT2D eigenvalue weighted by molar-refractivity contribution is 5.16. The van der Waals surface area contributed by atoms with Crippen LogP contribution < -0.4 is 5.32 Å². The summed E-state index contributed by atoms with van der Waals surface area (Å²) in [5.41, 5.74) is 1.29. The Morgan fingerprint density at radius 1 is 1.31 bits per heavy atom. The van der Waals surface area contributed by atoms with Crippen molar-refractivity contribution in [2.75, 3.05) is 6.54 Å². The molecule has 70 valence electrons. The van der Waals surface area contributed by atoms with Crippen LogP contribution in [0.5, 0.6) is 0 Å². The largest absolute Gasteiger partial charge is 0.391 e. The van der Waals surface area contributed by atoms with Crippen molar-refractivity contribution in [1.82, 2.24) is 5.32 Å². The van der Waals surface area contributed by atoms with E-state index in [4.69, 9.17) is 0 Å². The molecule has 0 aliphatic carbocycles. The minimum atomic E-state index is -0.166. The van der Waals surface area contributed by atoms with Crippen LogP contribution in [0, 0.1) is 0 Å². The Bertz CT molecular complexity index is 260. The van der Waals surface area contributed by atoms with Crippen LogP contribution in [0.1, 0.15) is 12.0 Å². The molecule has 1 aromatic rings. The molecule has 2 unspecified atom stereocenters. The van der Waals surface area contributed by atoms with Crippen molar-refractivity contribution < 1.29 is 5.11 Å². The van der Waals surface area contributed by atoms with E-state index in [0.717, 1.165) is 19.4 Å². The van der Waals surface area contributed by atoms with Gasteiger partial charge in [-0.3, -0.25) is 0 Å². The van der Waals surface area contributed by atoms with Crippen LogP contribution in [-0.2, 0) is 6.42 Å². The van der Waals surface area contributed by atoms with Gasteiger partial charge >= 0.3 is 0 Å². The lowest BCUT2D eigenvalue weighted by Gasteiger charge is -2.14.